The Morgan fingerprint density at radius 2 is 2.33 bits per heavy atom. The summed E-state index contributed by atoms with van der Waals surface area (Å²) >= 11 is 0. The van der Waals surface area contributed by atoms with Crippen LogP contribution in [0.15, 0.2) is 42.5 Å². The van der Waals surface area contributed by atoms with Crippen molar-refractivity contribution in [3.63, 3.8) is 0 Å². The molecular formula is C14H13NO3. The van der Waals surface area contributed by atoms with Gasteiger partial charge in [-0.15, -0.1) is 0 Å². The Hall–Kier alpha value is -2.54. The lowest BCUT2D eigenvalue weighted by Crippen LogP contribution is -2.06. The molecule has 0 aliphatic heterocycles. The first-order valence-corrected chi connectivity index (χ1v) is 5.25. The average molecular weight is 243 g/mol. The minimum atomic E-state index is -0.666. The van der Waals surface area contributed by atoms with E-state index < -0.39 is 5.97 Å². The lowest BCUT2D eigenvalue weighted by atomic mass is 10.1. The van der Waals surface area contributed by atoms with E-state index in [0.717, 1.165) is 0 Å². The largest absolute Gasteiger partial charge is 0.497 e. The molecule has 0 radical (unpaired) electrons. The van der Waals surface area contributed by atoms with E-state index in [9.17, 15) is 4.79 Å². The first-order valence-electron chi connectivity index (χ1n) is 5.25. The second-order valence-corrected chi connectivity index (χ2v) is 3.33. The Bertz CT molecular complexity index is 512. The second kappa shape index (κ2) is 6.92. The molecule has 92 valence electrons. The molecular weight excluding hydrogens is 230 g/mol. The van der Waals surface area contributed by atoms with E-state index >= 15 is 0 Å². The molecule has 0 spiro atoms. The summed E-state index contributed by atoms with van der Waals surface area (Å²) in [6, 6.07) is 8.84. The highest BCUT2D eigenvalue weighted by atomic mass is 16.5. The highest BCUT2D eigenvalue weighted by Gasteiger charge is 2.09. The summed E-state index contributed by atoms with van der Waals surface area (Å²) in [5, 5.41) is 8.91. The molecule has 0 bridgehead atoms. The fourth-order valence-electron chi connectivity index (χ4n) is 1.25. The van der Waals surface area contributed by atoms with Crippen molar-refractivity contribution in [2.45, 2.75) is 0 Å². The van der Waals surface area contributed by atoms with Gasteiger partial charge in [0.2, 0.25) is 0 Å². The molecule has 4 nitrogen and oxygen atoms in total. The summed E-state index contributed by atoms with van der Waals surface area (Å²) in [7, 11) is 1.55. The van der Waals surface area contributed by atoms with E-state index in [-0.39, 0.29) is 12.2 Å². The van der Waals surface area contributed by atoms with Crippen LogP contribution in [0.4, 0.5) is 0 Å². The molecule has 0 atom stereocenters. The van der Waals surface area contributed by atoms with Crippen LogP contribution in [0.1, 0.15) is 5.56 Å². The standard InChI is InChI=1S/C14H13NO3/c1-3-7-18-14(16)12(10-15)8-11-5-4-6-13(9-11)17-2/h3-6,8-9H,1,7H2,2H3/b12-8-. The molecule has 0 aliphatic rings. The quantitative estimate of drug-likeness (QED) is 0.344. The zero-order chi connectivity index (χ0) is 13.4. The van der Waals surface area contributed by atoms with E-state index in [1.165, 1.54) is 12.2 Å². The highest BCUT2D eigenvalue weighted by Crippen LogP contribution is 2.15. The Kier molecular flexibility index (Phi) is 5.20. The van der Waals surface area contributed by atoms with Gasteiger partial charge in [0.15, 0.2) is 0 Å². The summed E-state index contributed by atoms with van der Waals surface area (Å²) < 4.78 is 9.85. The number of nitriles is 1. The molecule has 18 heavy (non-hydrogen) atoms. The number of nitrogens with zero attached hydrogens (tertiary/aromatic N) is 1. The van der Waals surface area contributed by atoms with Crippen molar-refractivity contribution in [1.82, 2.24) is 0 Å². The third-order valence-electron chi connectivity index (χ3n) is 2.08. The lowest BCUT2D eigenvalue weighted by Gasteiger charge is -2.02. The summed E-state index contributed by atoms with van der Waals surface area (Å²) in [5.41, 5.74) is 0.631. The van der Waals surface area contributed by atoms with Crippen LogP contribution in [-0.4, -0.2) is 19.7 Å². The molecule has 1 aromatic rings. The van der Waals surface area contributed by atoms with Crippen molar-refractivity contribution in [1.29, 1.82) is 5.26 Å². The van der Waals surface area contributed by atoms with Gasteiger partial charge in [0.25, 0.3) is 0 Å². The van der Waals surface area contributed by atoms with Crippen LogP contribution in [0.2, 0.25) is 0 Å². The van der Waals surface area contributed by atoms with E-state index in [1.54, 1.807) is 31.4 Å². The molecule has 0 heterocycles. The van der Waals surface area contributed by atoms with Gasteiger partial charge in [-0.2, -0.15) is 5.26 Å². The van der Waals surface area contributed by atoms with Gasteiger partial charge in [-0.25, -0.2) is 4.79 Å². The summed E-state index contributed by atoms with van der Waals surface area (Å²) in [6.07, 6.45) is 2.90. The number of hydrogen-bond donors (Lipinski definition) is 0. The maximum Gasteiger partial charge on any atom is 0.349 e. The SMILES string of the molecule is C=CCOC(=O)/C(C#N)=C\c1cccc(OC)c1. The van der Waals surface area contributed by atoms with Crippen LogP contribution in [0.5, 0.6) is 5.75 Å². The normalized spacial score (nSPS) is 10.3. The highest BCUT2D eigenvalue weighted by molar-refractivity contribution is 5.97. The molecule has 1 rings (SSSR count). The van der Waals surface area contributed by atoms with Crippen LogP contribution in [0, 0.1) is 11.3 Å². The minimum Gasteiger partial charge on any atom is -0.497 e. The number of rotatable bonds is 5. The van der Waals surface area contributed by atoms with Crippen LogP contribution < -0.4 is 4.74 Å². The molecule has 4 heteroatoms. The average Bonchev–Trinajstić information content (AvgIpc) is 2.42. The number of benzene rings is 1. The number of esters is 1. The Morgan fingerprint density at radius 1 is 1.56 bits per heavy atom. The lowest BCUT2D eigenvalue weighted by molar-refractivity contribution is -0.137. The molecule has 0 N–H and O–H groups in total. The fourth-order valence-corrected chi connectivity index (χ4v) is 1.25. The molecule has 0 aromatic heterocycles. The maximum atomic E-state index is 11.5. The van der Waals surface area contributed by atoms with Gasteiger partial charge < -0.3 is 9.47 Å². The number of ether oxygens (including phenoxy) is 2. The number of methoxy groups -OCH3 is 1. The Morgan fingerprint density at radius 3 is 2.94 bits per heavy atom. The predicted molar refractivity (Wildman–Crippen MR) is 67.7 cm³/mol. The van der Waals surface area contributed by atoms with E-state index in [1.807, 2.05) is 6.07 Å². The van der Waals surface area contributed by atoms with Gasteiger partial charge in [0, 0.05) is 0 Å². The molecule has 0 fully saturated rings. The zero-order valence-electron chi connectivity index (χ0n) is 10.1. The van der Waals surface area contributed by atoms with Crippen LogP contribution >= 0.6 is 0 Å². The third-order valence-corrected chi connectivity index (χ3v) is 2.08. The number of carbonyl (C=O) groups is 1. The van der Waals surface area contributed by atoms with Gasteiger partial charge in [0.05, 0.1) is 7.11 Å². The van der Waals surface area contributed by atoms with Gasteiger partial charge in [-0.05, 0) is 23.8 Å². The fraction of sp³-hybridized carbons (Fsp3) is 0.143. The maximum absolute atomic E-state index is 11.5. The monoisotopic (exact) mass is 243 g/mol. The number of hydrogen-bond acceptors (Lipinski definition) is 4. The Labute approximate surface area is 106 Å². The molecule has 0 unspecified atom stereocenters. The van der Waals surface area contributed by atoms with Gasteiger partial charge in [-0.1, -0.05) is 24.8 Å². The van der Waals surface area contributed by atoms with Crippen molar-refractivity contribution in [3.8, 4) is 11.8 Å². The van der Waals surface area contributed by atoms with Crippen LogP contribution in [-0.2, 0) is 9.53 Å². The first-order chi connectivity index (χ1) is 8.71. The van der Waals surface area contributed by atoms with Gasteiger partial charge in [-0.3, -0.25) is 0 Å². The topological polar surface area (TPSA) is 59.3 Å². The summed E-state index contributed by atoms with van der Waals surface area (Å²) in [4.78, 5) is 11.5. The van der Waals surface area contributed by atoms with E-state index in [2.05, 4.69) is 6.58 Å². The third kappa shape index (κ3) is 3.80. The second-order valence-electron chi connectivity index (χ2n) is 3.33. The van der Waals surface area contributed by atoms with Crippen molar-refractivity contribution in [3.05, 3.63) is 48.1 Å². The van der Waals surface area contributed by atoms with Gasteiger partial charge >= 0.3 is 5.97 Å². The number of carbonyl (C=O) groups excluding carboxylic acids is 1. The van der Waals surface area contributed by atoms with Crippen LogP contribution in [0.3, 0.4) is 0 Å². The van der Waals surface area contributed by atoms with Crippen molar-refractivity contribution in [2.75, 3.05) is 13.7 Å². The molecule has 0 aliphatic carbocycles. The first kappa shape index (κ1) is 13.5. The van der Waals surface area contributed by atoms with Crippen molar-refractivity contribution < 1.29 is 14.3 Å². The molecule has 1 aromatic carbocycles. The van der Waals surface area contributed by atoms with E-state index in [4.69, 9.17) is 14.7 Å². The van der Waals surface area contributed by atoms with Crippen molar-refractivity contribution in [2.24, 2.45) is 0 Å². The van der Waals surface area contributed by atoms with E-state index in [0.29, 0.717) is 11.3 Å². The van der Waals surface area contributed by atoms with Crippen molar-refractivity contribution >= 4 is 12.0 Å². The summed E-state index contributed by atoms with van der Waals surface area (Å²) in [5.74, 6) is -0.0132. The minimum absolute atomic E-state index is 0.0647. The summed E-state index contributed by atoms with van der Waals surface area (Å²) in [6.45, 7) is 3.51. The molecule has 0 saturated carbocycles. The predicted octanol–water partition coefficient (Wildman–Crippen LogP) is 2.33. The molecule has 0 saturated heterocycles. The smallest absolute Gasteiger partial charge is 0.349 e. The Balaban J connectivity index is 2.93. The zero-order valence-corrected chi connectivity index (χ0v) is 10.1. The molecule has 0 amide bonds. The van der Waals surface area contributed by atoms with Crippen LogP contribution in [0.25, 0.3) is 6.08 Å². The van der Waals surface area contributed by atoms with Gasteiger partial charge in [0.1, 0.15) is 24.0 Å².